The maximum Gasteiger partial charge on any atom is 0.326 e. The number of carbonyl (C=O) groups is 3. The number of ether oxygens (including phenoxy) is 1. The van der Waals surface area contributed by atoms with Crippen LogP contribution in [0.1, 0.15) is 32.1 Å². The molecule has 2 amide bonds. The van der Waals surface area contributed by atoms with E-state index in [1.807, 2.05) is 30.3 Å². The number of piperidine rings is 1. The van der Waals surface area contributed by atoms with Gasteiger partial charge in [0.05, 0.1) is 13.0 Å². The molecule has 7 nitrogen and oxygen atoms in total. The fourth-order valence-electron chi connectivity index (χ4n) is 3.83. The fourth-order valence-corrected chi connectivity index (χ4v) is 3.83. The van der Waals surface area contributed by atoms with Gasteiger partial charge >= 0.3 is 5.97 Å². The van der Waals surface area contributed by atoms with Gasteiger partial charge < -0.3 is 19.6 Å². The molecule has 0 saturated carbocycles. The van der Waals surface area contributed by atoms with E-state index in [0.717, 1.165) is 12.2 Å². The van der Waals surface area contributed by atoms with Gasteiger partial charge in [0.25, 0.3) is 0 Å². The summed E-state index contributed by atoms with van der Waals surface area (Å²) in [5, 5.41) is 9.25. The summed E-state index contributed by atoms with van der Waals surface area (Å²) in [5.74, 6) is -0.407. The second kappa shape index (κ2) is 8.88. The predicted octanol–water partition coefficient (Wildman–Crippen LogP) is 1.77. The summed E-state index contributed by atoms with van der Waals surface area (Å²) < 4.78 is 5.56. The molecule has 0 aliphatic carbocycles. The number of carboxylic acid groups (broad SMARTS) is 1. The predicted molar refractivity (Wildman–Crippen MR) is 98.2 cm³/mol. The third kappa shape index (κ3) is 4.78. The van der Waals surface area contributed by atoms with Gasteiger partial charge in [-0.05, 0) is 37.8 Å². The second-order valence-corrected chi connectivity index (χ2v) is 7.09. The van der Waals surface area contributed by atoms with E-state index >= 15 is 0 Å². The van der Waals surface area contributed by atoms with Crippen molar-refractivity contribution in [2.45, 2.75) is 38.1 Å². The molecule has 0 radical (unpaired) electrons. The normalized spacial score (nSPS) is 20.5. The molecule has 1 aromatic rings. The molecule has 1 N–H and O–H groups in total. The van der Waals surface area contributed by atoms with Crippen LogP contribution in [0.4, 0.5) is 0 Å². The number of rotatable bonds is 6. The number of nitrogens with zero attached hydrogens (tertiary/aromatic N) is 2. The maximum absolute atomic E-state index is 12.7. The molecule has 2 saturated heterocycles. The summed E-state index contributed by atoms with van der Waals surface area (Å²) in [6, 6.07) is 8.69. The smallest absolute Gasteiger partial charge is 0.326 e. The van der Waals surface area contributed by atoms with Crippen LogP contribution >= 0.6 is 0 Å². The number of amides is 2. The van der Waals surface area contributed by atoms with E-state index in [9.17, 15) is 19.5 Å². The van der Waals surface area contributed by atoms with Crippen LogP contribution in [0.2, 0.25) is 0 Å². The SMILES string of the molecule is O=C(O)[C@H]1CCCN1C(=O)C1CCN(C(=O)CCOc2ccccc2)CC1. The molecule has 2 aliphatic rings. The van der Waals surface area contributed by atoms with Crippen molar-refractivity contribution in [3.05, 3.63) is 30.3 Å². The van der Waals surface area contributed by atoms with E-state index in [-0.39, 0.29) is 17.7 Å². The Bertz CT molecular complexity index is 670. The Hall–Kier alpha value is -2.57. The Morgan fingerprint density at radius 2 is 1.74 bits per heavy atom. The Morgan fingerprint density at radius 3 is 2.41 bits per heavy atom. The topological polar surface area (TPSA) is 87.2 Å². The van der Waals surface area contributed by atoms with E-state index in [4.69, 9.17) is 4.74 Å². The van der Waals surface area contributed by atoms with Crippen molar-refractivity contribution >= 4 is 17.8 Å². The lowest BCUT2D eigenvalue weighted by Crippen LogP contribution is -2.47. The van der Waals surface area contributed by atoms with Gasteiger partial charge in [0.2, 0.25) is 11.8 Å². The highest BCUT2D eigenvalue weighted by Crippen LogP contribution is 2.25. The Kier molecular flexibility index (Phi) is 6.32. The van der Waals surface area contributed by atoms with Crippen LogP contribution in [-0.4, -0.2) is 65.0 Å². The summed E-state index contributed by atoms with van der Waals surface area (Å²) in [6.45, 7) is 1.92. The average Bonchev–Trinajstić information content (AvgIpc) is 3.18. The molecule has 27 heavy (non-hydrogen) atoms. The monoisotopic (exact) mass is 374 g/mol. The lowest BCUT2D eigenvalue weighted by molar-refractivity contribution is -0.151. The third-order valence-electron chi connectivity index (χ3n) is 5.35. The Balaban J connectivity index is 1.42. The van der Waals surface area contributed by atoms with Gasteiger partial charge in [-0.25, -0.2) is 4.79 Å². The molecule has 7 heteroatoms. The van der Waals surface area contributed by atoms with E-state index in [2.05, 4.69) is 0 Å². The molecule has 0 spiro atoms. The van der Waals surface area contributed by atoms with Gasteiger partial charge in [-0.1, -0.05) is 18.2 Å². The Labute approximate surface area is 158 Å². The van der Waals surface area contributed by atoms with E-state index in [1.165, 1.54) is 4.90 Å². The van der Waals surface area contributed by atoms with Gasteiger partial charge in [-0.3, -0.25) is 9.59 Å². The van der Waals surface area contributed by atoms with Crippen molar-refractivity contribution in [1.82, 2.24) is 9.80 Å². The van der Waals surface area contributed by atoms with Gasteiger partial charge in [0, 0.05) is 25.6 Å². The molecular formula is C20H26N2O5. The van der Waals surface area contributed by atoms with Crippen LogP contribution in [0.5, 0.6) is 5.75 Å². The number of likely N-dealkylation sites (tertiary alicyclic amines) is 2. The summed E-state index contributed by atoms with van der Waals surface area (Å²) in [6.07, 6.45) is 2.75. The number of carboxylic acids is 1. The molecule has 0 aromatic heterocycles. The van der Waals surface area contributed by atoms with Crippen molar-refractivity contribution in [3.8, 4) is 5.75 Å². The van der Waals surface area contributed by atoms with Gasteiger partial charge in [0.1, 0.15) is 11.8 Å². The number of para-hydroxylation sites is 1. The first-order valence-electron chi connectivity index (χ1n) is 9.55. The summed E-state index contributed by atoms with van der Waals surface area (Å²) in [7, 11) is 0. The zero-order valence-electron chi connectivity index (χ0n) is 15.4. The number of carbonyl (C=O) groups excluding carboxylic acids is 2. The standard InChI is InChI=1S/C20H26N2O5/c23-18(10-14-27-16-5-2-1-3-6-16)21-12-8-15(9-13-21)19(24)22-11-4-7-17(22)20(25)26/h1-3,5-6,15,17H,4,7-14H2,(H,25,26)/t17-/m1/s1. The molecule has 3 rings (SSSR count). The largest absolute Gasteiger partial charge is 0.493 e. The molecule has 2 heterocycles. The number of hydrogen-bond donors (Lipinski definition) is 1. The van der Waals surface area contributed by atoms with Gasteiger partial charge in [0.15, 0.2) is 0 Å². The highest BCUT2D eigenvalue weighted by Gasteiger charge is 2.38. The van der Waals surface area contributed by atoms with Crippen LogP contribution in [0, 0.1) is 5.92 Å². The van der Waals surface area contributed by atoms with E-state index in [0.29, 0.717) is 51.9 Å². The van der Waals surface area contributed by atoms with Crippen molar-refractivity contribution in [1.29, 1.82) is 0 Å². The third-order valence-corrected chi connectivity index (χ3v) is 5.35. The van der Waals surface area contributed by atoms with Gasteiger partial charge in [-0.2, -0.15) is 0 Å². The summed E-state index contributed by atoms with van der Waals surface area (Å²) in [5.41, 5.74) is 0. The summed E-state index contributed by atoms with van der Waals surface area (Å²) in [4.78, 5) is 39.6. The minimum absolute atomic E-state index is 0.0291. The van der Waals surface area contributed by atoms with E-state index in [1.54, 1.807) is 4.90 Å². The lowest BCUT2D eigenvalue weighted by atomic mass is 9.94. The van der Waals surface area contributed by atoms with Crippen LogP contribution in [0.15, 0.2) is 30.3 Å². The van der Waals surface area contributed by atoms with Gasteiger partial charge in [-0.15, -0.1) is 0 Å². The quantitative estimate of drug-likeness (QED) is 0.820. The van der Waals surface area contributed by atoms with E-state index < -0.39 is 12.0 Å². The zero-order chi connectivity index (χ0) is 19.2. The molecule has 146 valence electrons. The van der Waals surface area contributed by atoms with Crippen LogP contribution in [0.3, 0.4) is 0 Å². The highest BCUT2D eigenvalue weighted by atomic mass is 16.5. The van der Waals surface area contributed by atoms with Crippen LogP contribution < -0.4 is 4.74 Å². The molecule has 2 aliphatic heterocycles. The molecule has 2 fully saturated rings. The number of benzene rings is 1. The molecule has 0 bridgehead atoms. The highest BCUT2D eigenvalue weighted by molar-refractivity contribution is 5.86. The first kappa shape index (κ1) is 19.2. The second-order valence-electron chi connectivity index (χ2n) is 7.09. The molecule has 1 atom stereocenters. The zero-order valence-corrected chi connectivity index (χ0v) is 15.4. The van der Waals surface area contributed by atoms with Crippen molar-refractivity contribution in [2.24, 2.45) is 5.92 Å². The Morgan fingerprint density at radius 1 is 1.04 bits per heavy atom. The maximum atomic E-state index is 12.7. The molecular weight excluding hydrogens is 348 g/mol. The first-order chi connectivity index (χ1) is 13.1. The van der Waals surface area contributed by atoms with Crippen LogP contribution in [-0.2, 0) is 14.4 Å². The first-order valence-corrected chi connectivity index (χ1v) is 9.55. The van der Waals surface area contributed by atoms with Crippen molar-refractivity contribution in [3.63, 3.8) is 0 Å². The van der Waals surface area contributed by atoms with Crippen molar-refractivity contribution in [2.75, 3.05) is 26.2 Å². The fraction of sp³-hybridized carbons (Fsp3) is 0.550. The average molecular weight is 374 g/mol. The van der Waals surface area contributed by atoms with Crippen molar-refractivity contribution < 1.29 is 24.2 Å². The minimum Gasteiger partial charge on any atom is -0.493 e. The number of hydrogen-bond acceptors (Lipinski definition) is 4. The van der Waals surface area contributed by atoms with Crippen LogP contribution in [0.25, 0.3) is 0 Å². The number of aliphatic carboxylic acids is 1. The summed E-state index contributed by atoms with van der Waals surface area (Å²) >= 11 is 0. The molecule has 1 aromatic carbocycles. The lowest BCUT2D eigenvalue weighted by Gasteiger charge is -2.34. The minimum atomic E-state index is -0.924. The molecule has 0 unspecified atom stereocenters.